The molecule has 3 aromatic rings. The van der Waals surface area contributed by atoms with E-state index in [0.29, 0.717) is 33.7 Å². The largest absolute Gasteiger partial charge is 0.336 e. The molecule has 7 nitrogen and oxygen atoms in total. The third kappa shape index (κ3) is 4.03. The first-order valence-corrected chi connectivity index (χ1v) is 9.25. The van der Waals surface area contributed by atoms with Gasteiger partial charge < -0.3 is 15.2 Å². The van der Waals surface area contributed by atoms with Gasteiger partial charge in [0.25, 0.3) is 11.6 Å². The first-order chi connectivity index (χ1) is 13.3. The number of nitrogens with zero attached hydrogens (tertiary/aromatic N) is 2. The second-order valence-electron chi connectivity index (χ2n) is 7.37. The lowest BCUT2D eigenvalue weighted by molar-refractivity contribution is -0.118. The molecule has 2 amide bonds. The highest BCUT2D eigenvalue weighted by atomic mass is 16.5. The molecular weight excluding hydrogens is 356 g/mol. The zero-order chi connectivity index (χ0) is 20.4. The molecule has 0 unspecified atom stereocenters. The number of carbonyl (C=O) groups is 2. The van der Waals surface area contributed by atoms with Gasteiger partial charge in [-0.3, -0.25) is 9.59 Å². The summed E-state index contributed by atoms with van der Waals surface area (Å²) in [5.41, 5.74) is 3.53. The van der Waals surface area contributed by atoms with Gasteiger partial charge in [-0.25, -0.2) is 4.98 Å². The minimum absolute atomic E-state index is 0.0555. The summed E-state index contributed by atoms with van der Waals surface area (Å²) in [6.07, 6.45) is 0. The molecular formula is C21H24N4O3. The summed E-state index contributed by atoms with van der Waals surface area (Å²) in [5.74, 6) is -0.277. The van der Waals surface area contributed by atoms with Crippen LogP contribution in [-0.4, -0.2) is 22.0 Å². The molecule has 0 spiro atoms. The fourth-order valence-corrected chi connectivity index (χ4v) is 2.71. The van der Waals surface area contributed by atoms with Crippen molar-refractivity contribution in [3.8, 4) is 0 Å². The second-order valence-corrected chi connectivity index (χ2v) is 7.37. The number of aromatic nitrogens is 2. The second kappa shape index (κ2) is 7.80. The predicted molar refractivity (Wildman–Crippen MR) is 108 cm³/mol. The molecule has 1 aromatic carbocycles. The molecule has 2 N–H and O–H groups in total. The molecule has 28 heavy (non-hydrogen) atoms. The van der Waals surface area contributed by atoms with Gasteiger partial charge >= 0.3 is 0 Å². The maximum Gasteiger partial charge on any atom is 0.259 e. The third-order valence-electron chi connectivity index (χ3n) is 4.41. The van der Waals surface area contributed by atoms with Crippen LogP contribution in [0.2, 0.25) is 0 Å². The summed E-state index contributed by atoms with van der Waals surface area (Å²) >= 11 is 0. The quantitative estimate of drug-likeness (QED) is 0.679. The predicted octanol–water partition coefficient (Wildman–Crippen LogP) is 4.50. The number of rotatable bonds is 5. The lowest BCUT2D eigenvalue weighted by atomic mass is 10.0. The van der Waals surface area contributed by atoms with E-state index in [0.717, 1.165) is 5.69 Å². The van der Waals surface area contributed by atoms with E-state index in [-0.39, 0.29) is 23.7 Å². The fraction of sp³-hybridized carbons (Fsp3) is 0.333. The van der Waals surface area contributed by atoms with E-state index in [1.165, 1.54) is 0 Å². The molecule has 0 radical (unpaired) electrons. The molecule has 0 aliphatic rings. The first-order valence-electron chi connectivity index (χ1n) is 9.25. The molecule has 0 atom stereocenters. The van der Waals surface area contributed by atoms with Crippen molar-refractivity contribution in [2.75, 3.05) is 10.6 Å². The van der Waals surface area contributed by atoms with E-state index in [4.69, 9.17) is 4.52 Å². The van der Waals surface area contributed by atoms with Crippen molar-refractivity contribution in [2.45, 2.75) is 40.5 Å². The van der Waals surface area contributed by atoms with Crippen molar-refractivity contribution >= 4 is 34.3 Å². The third-order valence-corrected chi connectivity index (χ3v) is 4.41. The smallest absolute Gasteiger partial charge is 0.259 e. The van der Waals surface area contributed by atoms with Gasteiger partial charge in [-0.15, -0.1) is 0 Å². The van der Waals surface area contributed by atoms with Gasteiger partial charge in [0.05, 0.1) is 16.6 Å². The van der Waals surface area contributed by atoms with Crippen molar-refractivity contribution in [3.05, 3.63) is 47.3 Å². The molecule has 7 heteroatoms. The minimum atomic E-state index is -0.264. The lowest BCUT2D eigenvalue weighted by Gasteiger charge is -2.11. The molecule has 0 saturated heterocycles. The minimum Gasteiger partial charge on any atom is -0.336 e. The van der Waals surface area contributed by atoms with Gasteiger partial charge in [-0.1, -0.05) is 32.9 Å². The number of amides is 2. The van der Waals surface area contributed by atoms with Crippen LogP contribution in [0.25, 0.3) is 11.1 Å². The first kappa shape index (κ1) is 19.5. The van der Waals surface area contributed by atoms with Crippen LogP contribution in [0.3, 0.4) is 0 Å². The van der Waals surface area contributed by atoms with Crippen molar-refractivity contribution in [1.29, 1.82) is 0 Å². The molecule has 2 aromatic heterocycles. The van der Waals surface area contributed by atoms with E-state index in [2.05, 4.69) is 20.8 Å². The van der Waals surface area contributed by atoms with Gasteiger partial charge in [-0.2, -0.15) is 0 Å². The Hall–Kier alpha value is -3.22. The average Bonchev–Trinajstić information content (AvgIpc) is 3.03. The van der Waals surface area contributed by atoms with Gasteiger partial charge in [0.15, 0.2) is 0 Å². The summed E-state index contributed by atoms with van der Waals surface area (Å²) < 4.78 is 5.27. The molecule has 0 bridgehead atoms. The van der Waals surface area contributed by atoms with E-state index >= 15 is 0 Å². The Balaban J connectivity index is 1.85. The maximum absolute atomic E-state index is 12.9. The maximum atomic E-state index is 12.9. The van der Waals surface area contributed by atoms with Crippen molar-refractivity contribution in [3.63, 3.8) is 0 Å². The van der Waals surface area contributed by atoms with Crippen molar-refractivity contribution in [2.24, 2.45) is 5.92 Å². The van der Waals surface area contributed by atoms with Crippen LogP contribution in [0.15, 0.2) is 34.9 Å². The Morgan fingerprint density at radius 3 is 2.18 bits per heavy atom. The Kier molecular flexibility index (Phi) is 5.44. The standard InChI is InChI=1S/C21H24N4O3/c1-11(2)17-10-16(18-13(5)25-28-21(18)24-17)20(27)23-15-8-6-14(7-9-15)22-19(26)12(3)4/h6-12H,1-5H3,(H,22,26)(H,23,27). The summed E-state index contributed by atoms with van der Waals surface area (Å²) in [7, 11) is 0. The highest BCUT2D eigenvalue weighted by Crippen LogP contribution is 2.26. The summed E-state index contributed by atoms with van der Waals surface area (Å²) in [6.45, 7) is 9.45. The van der Waals surface area contributed by atoms with E-state index in [1.807, 2.05) is 27.7 Å². The number of pyridine rings is 1. The zero-order valence-corrected chi connectivity index (χ0v) is 16.7. The molecule has 0 saturated carbocycles. The van der Waals surface area contributed by atoms with Gasteiger partial charge in [-0.05, 0) is 43.2 Å². The monoisotopic (exact) mass is 380 g/mol. The van der Waals surface area contributed by atoms with Gasteiger partial charge in [0.2, 0.25) is 5.91 Å². The molecule has 0 aliphatic heterocycles. The Morgan fingerprint density at radius 2 is 1.61 bits per heavy atom. The topological polar surface area (TPSA) is 97.1 Å². The number of hydrogen-bond donors (Lipinski definition) is 2. The highest BCUT2D eigenvalue weighted by Gasteiger charge is 2.20. The lowest BCUT2D eigenvalue weighted by Crippen LogP contribution is -2.17. The van der Waals surface area contributed by atoms with Crippen LogP contribution >= 0.6 is 0 Å². The van der Waals surface area contributed by atoms with Gasteiger partial charge in [0.1, 0.15) is 0 Å². The SMILES string of the molecule is Cc1noc2nc(C(C)C)cc(C(=O)Nc3ccc(NC(=O)C(C)C)cc3)c12. The van der Waals surface area contributed by atoms with Crippen molar-refractivity contribution < 1.29 is 14.1 Å². The Morgan fingerprint density at radius 1 is 1.00 bits per heavy atom. The highest BCUT2D eigenvalue weighted by molar-refractivity contribution is 6.12. The van der Waals surface area contributed by atoms with Crippen LogP contribution in [-0.2, 0) is 4.79 Å². The number of carbonyl (C=O) groups excluding carboxylic acids is 2. The van der Waals surface area contributed by atoms with E-state index in [9.17, 15) is 9.59 Å². The van der Waals surface area contributed by atoms with Crippen LogP contribution < -0.4 is 10.6 Å². The van der Waals surface area contributed by atoms with Crippen LogP contribution in [0.5, 0.6) is 0 Å². The zero-order valence-electron chi connectivity index (χ0n) is 16.7. The number of anilines is 2. The Bertz CT molecular complexity index is 1020. The molecule has 0 fully saturated rings. The van der Waals surface area contributed by atoms with E-state index < -0.39 is 0 Å². The molecule has 3 rings (SSSR count). The number of nitrogens with one attached hydrogen (secondary N) is 2. The average molecular weight is 380 g/mol. The molecule has 0 aliphatic carbocycles. The summed E-state index contributed by atoms with van der Waals surface area (Å²) in [4.78, 5) is 29.2. The normalized spacial score (nSPS) is 11.2. The summed E-state index contributed by atoms with van der Waals surface area (Å²) in [6, 6.07) is 8.78. The number of benzene rings is 1. The number of hydrogen-bond acceptors (Lipinski definition) is 5. The van der Waals surface area contributed by atoms with E-state index in [1.54, 1.807) is 37.3 Å². The molecule has 146 valence electrons. The Labute approximate surface area is 163 Å². The molecule has 2 heterocycles. The number of fused-ring (bicyclic) bond motifs is 1. The van der Waals surface area contributed by atoms with Crippen LogP contribution in [0.4, 0.5) is 11.4 Å². The fourth-order valence-electron chi connectivity index (χ4n) is 2.71. The van der Waals surface area contributed by atoms with Crippen LogP contribution in [0.1, 0.15) is 55.4 Å². The van der Waals surface area contributed by atoms with Crippen LogP contribution in [0, 0.1) is 12.8 Å². The number of aryl methyl sites for hydroxylation is 1. The summed E-state index contributed by atoms with van der Waals surface area (Å²) in [5, 5.41) is 10.3. The van der Waals surface area contributed by atoms with Crippen molar-refractivity contribution in [1.82, 2.24) is 10.1 Å². The van der Waals surface area contributed by atoms with Gasteiger partial charge in [0, 0.05) is 23.0 Å².